The molecule has 0 fully saturated rings. The molecular weight excluding hydrogens is 269 g/mol. The zero-order valence-corrected chi connectivity index (χ0v) is 13.1. The molecule has 0 aromatic heterocycles. The number of phenols is 1. The molecule has 0 saturated carbocycles. The summed E-state index contributed by atoms with van der Waals surface area (Å²) in [6.07, 6.45) is 0. The van der Waals surface area contributed by atoms with Gasteiger partial charge in [0.2, 0.25) is 0 Å². The van der Waals surface area contributed by atoms with Gasteiger partial charge in [-0.15, -0.1) is 0 Å². The lowest BCUT2D eigenvalue weighted by atomic mass is 10.2. The number of phenolic OH excluding ortho intramolecular Hbond substituents is 1. The average Bonchev–Trinajstić information content (AvgIpc) is 2.43. The molecule has 0 radical (unpaired) electrons. The zero-order valence-electron chi connectivity index (χ0n) is 12.1. The summed E-state index contributed by atoms with van der Waals surface area (Å²) in [5, 5.41) is 12.2. The van der Waals surface area contributed by atoms with E-state index >= 15 is 0 Å². The van der Waals surface area contributed by atoms with E-state index in [9.17, 15) is 5.11 Å². The van der Waals surface area contributed by atoms with Crippen LogP contribution in [0.4, 0.5) is 0 Å². The third-order valence-corrected chi connectivity index (χ3v) is 4.40. The van der Waals surface area contributed by atoms with E-state index in [4.69, 9.17) is 4.74 Å². The molecule has 4 heteroatoms. The second-order valence-electron chi connectivity index (χ2n) is 4.90. The molecule has 0 aliphatic heterocycles. The summed E-state index contributed by atoms with van der Waals surface area (Å²) in [6, 6.07) is 13.7. The van der Waals surface area contributed by atoms with Crippen molar-refractivity contribution >= 4 is 19.2 Å². The molecule has 1 unspecified atom stereocenters. The molecule has 0 bridgehead atoms. The Balaban J connectivity index is 2.30. The van der Waals surface area contributed by atoms with Crippen molar-refractivity contribution in [3.05, 3.63) is 48.0 Å². The highest BCUT2D eigenvalue weighted by Gasteiger charge is 2.08. The molecule has 0 spiro atoms. The van der Waals surface area contributed by atoms with E-state index in [1.807, 2.05) is 12.1 Å². The summed E-state index contributed by atoms with van der Waals surface area (Å²) in [5.74, 6) is 1.10. The van der Waals surface area contributed by atoms with Gasteiger partial charge in [-0.2, -0.15) is 0 Å². The highest BCUT2D eigenvalue weighted by atomic mass is 31.1. The molecule has 1 N–H and O–H groups in total. The maximum absolute atomic E-state index is 10.0. The lowest BCUT2D eigenvalue weighted by Crippen LogP contribution is -2.17. The van der Waals surface area contributed by atoms with Crippen LogP contribution in [0.2, 0.25) is 0 Å². The maximum Gasteiger partial charge on any atom is 0.123 e. The number of benzene rings is 2. The number of nitrogens with zero attached hydrogens (tertiary/aromatic N) is 1. The number of aromatic hydroxyl groups is 1. The van der Waals surface area contributed by atoms with E-state index in [1.54, 1.807) is 19.2 Å². The van der Waals surface area contributed by atoms with Gasteiger partial charge in [0.15, 0.2) is 0 Å². The summed E-state index contributed by atoms with van der Waals surface area (Å²) < 4.78 is 5.23. The molecule has 106 valence electrons. The monoisotopic (exact) mass is 289 g/mol. The maximum atomic E-state index is 10.0. The van der Waals surface area contributed by atoms with Crippen molar-refractivity contribution < 1.29 is 9.84 Å². The van der Waals surface area contributed by atoms with Gasteiger partial charge in [-0.05, 0) is 43.2 Å². The number of rotatable bonds is 5. The Bertz CT molecular complexity index is 584. The summed E-state index contributed by atoms with van der Waals surface area (Å²) in [4.78, 5) is 2.15. The summed E-state index contributed by atoms with van der Waals surface area (Å²) >= 11 is 0. The van der Waals surface area contributed by atoms with Gasteiger partial charge < -0.3 is 14.7 Å². The summed E-state index contributed by atoms with van der Waals surface area (Å²) in [6.45, 7) is 0.897. The van der Waals surface area contributed by atoms with Gasteiger partial charge in [0.05, 0.1) is 7.11 Å². The van der Waals surface area contributed by atoms with Crippen LogP contribution >= 0.6 is 8.58 Å². The SMILES string of the molecule is COc1ccc(O)c(Pc2ccccc2CN(C)C)c1. The second kappa shape index (κ2) is 6.74. The van der Waals surface area contributed by atoms with Crippen LogP contribution < -0.4 is 15.3 Å². The van der Waals surface area contributed by atoms with Crippen LogP contribution in [0.1, 0.15) is 5.56 Å². The molecule has 0 aliphatic rings. The van der Waals surface area contributed by atoms with E-state index < -0.39 is 0 Å². The summed E-state index contributed by atoms with van der Waals surface area (Å²) in [7, 11) is 6.17. The molecule has 0 aliphatic carbocycles. The van der Waals surface area contributed by atoms with Gasteiger partial charge in [-0.1, -0.05) is 32.8 Å². The van der Waals surface area contributed by atoms with Gasteiger partial charge >= 0.3 is 0 Å². The van der Waals surface area contributed by atoms with Crippen molar-refractivity contribution in [1.82, 2.24) is 4.90 Å². The largest absolute Gasteiger partial charge is 0.507 e. The molecule has 0 heterocycles. The lowest BCUT2D eigenvalue weighted by molar-refractivity contribution is 0.403. The van der Waals surface area contributed by atoms with E-state index in [-0.39, 0.29) is 0 Å². The Labute approximate surface area is 122 Å². The van der Waals surface area contributed by atoms with Gasteiger partial charge in [0, 0.05) is 11.8 Å². The van der Waals surface area contributed by atoms with Crippen LogP contribution in [-0.4, -0.2) is 31.2 Å². The Kier molecular flexibility index (Phi) is 4.99. The first-order valence-electron chi connectivity index (χ1n) is 6.47. The molecule has 2 aromatic rings. The highest BCUT2D eigenvalue weighted by Crippen LogP contribution is 2.24. The third-order valence-electron chi connectivity index (χ3n) is 2.98. The standard InChI is InChI=1S/C16H20NO2P/c1-17(2)11-12-6-4-5-7-15(12)20-16-10-13(19-3)8-9-14(16)18/h4-10,18,20H,11H2,1-3H3. The van der Waals surface area contributed by atoms with Crippen molar-refractivity contribution in [1.29, 1.82) is 0 Å². The van der Waals surface area contributed by atoms with Crippen molar-refractivity contribution in [2.75, 3.05) is 21.2 Å². The summed E-state index contributed by atoms with van der Waals surface area (Å²) in [5.41, 5.74) is 1.29. The number of methoxy groups -OCH3 is 1. The first-order valence-corrected chi connectivity index (χ1v) is 7.47. The zero-order chi connectivity index (χ0) is 14.5. The van der Waals surface area contributed by atoms with Crippen LogP contribution in [0.5, 0.6) is 11.5 Å². The number of hydrogen-bond donors (Lipinski definition) is 1. The molecule has 2 aromatic carbocycles. The Morgan fingerprint density at radius 1 is 1.10 bits per heavy atom. The van der Waals surface area contributed by atoms with E-state index in [0.717, 1.165) is 17.6 Å². The first-order chi connectivity index (χ1) is 9.60. The fourth-order valence-corrected chi connectivity index (χ4v) is 3.23. The van der Waals surface area contributed by atoms with Crippen LogP contribution in [0.3, 0.4) is 0 Å². The van der Waals surface area contributed by atoms with Gasteiger partial charge in [-0.3, -0.25) is 0 Å². The van der Waals surface area contributed by atoms with E-state index in [1.165, 1.54) is 10.9 Å². The smallest absolute Gasteiger partial charge is 0.123 e. The Morgan fingerprint density at radius 2 is 1.85 bits per heavy atom. The second-order valence-corrected chi connectivity index (χ2v) is 6.23. The van der Waals surface area contributed by atoms with Crippen LogP contribution in [0, 0.1) is 0 Å². The van der Waals surface area contributed by atoms with Crippen molar-refractivity contribution in [3.63, 3.8) is 0 Å². The minimum atomic E-state index is 0.323. The topological polar surface area (TPSA) is 32.7 Å². The molecule has 0 saturated heterocycles. The fraction of sp³-hybridized carbons (Fsp3) is 0.250. The molecule has 20 heavy (non-hydrogen) atoms. The predicted molar refractivity (Wildman–Crippen MR) is 86.1 cm³/mol. The van der Waals surface area contributed by atoms with Crippen LogP contribution in [0.15, 0.2) is 42.5 Å². The van der Waals surface area contributed by atoms with E-state index in [2.05, 4.69) is 37.2 Å². The quantitative estimate of drug-likeness (QED) is 0.856. The van der Waals surface area contributed by atoms with E-state index in [0.29, 0.717) is 14.3 Å². The molecular formula is C16H20NO2P. The normalized spacial score (nSPS) is 11.4. The Hall–Kier alpha value is -1.57. The van der Waals surface area contributed by atoms with Gasteiger partial charge in [-0.25, -0.2) is 0 Å². The number of ether oxygens (including phenoxy) is 1. The fourth-order valence-electron chi connectivity index (χ4n) is 2.01. The molecule has 0 amide bonds. The average molecular weight is 289 g/mol. The van der Waals surface area contributed by atoms with Crippen molar-refractivity contribution in [2.24, 2.45) is 0 Å². The Morgan fingerprint density at radius 3 is 2.55 bits per heavy atom. The lowest BCUT2D eigenvalue weighted by Gasteiger charge is -2.15. The molecule has 3 nitrogen and oxygen atoms in total. The first kappa shape index (κ1) is 14.8. The third kappa shape index (κ3) is 3.72. The van der Waals surface area contributed by atoms with Crippen molar-refractivity contribution in [3.8, 4) is 11.5 Å². The highest BCUT2D eigenvalue weighted by molar-refractivity contribution is 7.55. The van der Waals surface area contributed by atoms with Crippen molar-refractivity contribution in [2.45, 2.75) is 6.54 Å². The number of hydrogen-bond acceptors (Lipinski definition) is 3. The molecule has 1 atom stereocenters. The minimum absolute atomic E-state index is 0.323. The predicted octanol–water partition coefficient (Wildman–Crippen LogP) is 2.09. The van der Waals surface area contributed by atoms with Gasteiger partial charge in [0.1, 0.15) is 11.5 Å². The minimum Gasteiger partial charge on any atom is -0.507 e. The van der Waals surface area contributed by atoms with Gasteiger partial charge in [0.25, 0.3) is 0 Å². The van der Waals surface area contributed by atoms with Crippen LogP contribution in [0.25, 0.3) is 0 Å². The van der Waals surface area contributed by atoms with Crippen LogP contribution in [-0.2, 0) is 6.54 Å². The molecule has 2 rings (SSSR count).